The standard InChI is InChI=1S/C19H22N2OS2/c1-14-6-3-4-7-15(14)17-9-11-21(12-13-24-17)19(22)16-8-5-10-20-18(16)23-2/h3-8,10,17H,9,11-13H2,1-2H3. The molecule has 0 saturated carbocycles. The molecule has 1 aromatic heterocycles. The van der Waals surface area contributed by atoms with Crippen molar-refractivity contribution in [1.29, 1.82) is 0 Å². The maximum absolute atomic E-state index is 12.9. The molecule has 1 fully saturated rings. The number of thioether (sulfide) groups is 2. The molecule has 0 bridgehead atoms. The normalized spacial score (nSPS) is 18.2. The number of aryl methyl sites for hydroxylation is 1. The van der Waals surface area contributed by atoms with Crippen molar-refractivity contribution in [3.63, 3.8) is 0 Å². The third kappa shape index (κ3) is 3.78. The summed E-state index contributed by atoms with van der Waals surface area (Å²) in [6.07, 6.45) is 4.71. The van der Waals surface area contributed by atoms with Gasteiger partial charge in [-0.1, -0.05) is 24.3 Å². The number of carbonyl (C=O) groups excluding carboxylic acids is 1. The van der Waals surface area contributed by atoms with Crippen LogP contribution in [0.3, 0.4) is 0 Å². The van der Waals surface area contributed by atoms with Crippen LogP contribution in [0.25, 0.3) is 0 Å². The first-order valence-corrected chi connectivity index (χ1v) is 10.4. The van der Waals surface area contributed by atoms with Gasteiger partial charge in [0, 0.05) is 30.3 Å². The molecule has 0 spiro atoms. The molecule has 1 saturated heterocycles. The van der Waals surface area contributed by atoms with Crippen molar-refractivity contribution in [2.24, 2.45) is 0 Å². The maximum atomic E-state index is 12.9. The van der Waals surface area contributed by atoms with Crippen molar-refractivity contribution in [2.45, 2.75) is 23.6 Å². The number of nitrogens with zero attached hydrogens (tertiary/aromatic N) is 2. The van der Waals surface area contributed by atoms with Gasteiger partial charge in [0.25, 0.3) is 5.91 Å². The SMILES string of the molecule is CSc1ncccc1C(=O)N1CCSC(c2ccccc2C)CC1. The second kappa shape index (κ2) is 8.08. The zero-order valence-electron chi connectivity index (χ0n) is 14.1. The highest BCUT2D eigenvalue weighted by atomic mass is 32.2. The van der Waals surface area contributed by atoms with Crippen molar-refractivity contribution in [3.8, 4) is 0 Å². The molecule has 0 aliphatic carbocycles. The van der Waals surface area contributed by atoms with E-state index in [4.69, 9.17) is 0 Å². The Labute approximate surface area is 152 Å². The Morgan fingerprint density at radius 1 is 1.25 bits per heavy atom. The van der Waals surface area contributed by atoms with Gasteiger partial charge < -0.3 is 4.90 Å². The van der Waals surface area contributed by atoms with E-state index in [9.17, 15) is 4.79 Å². The van der Waals surface area contributed by atoms with E-state index in [2.05, 4.69) is 36.2 Å². The van der Waals surface area contributed by atoms with Crippen LogP contribution in [0.2, 0.25) is 0 Å². The van der Waals surface area contributed by atoms with Gasteiger partial charge in [0.1, 0.15) is 5.03 Å². The van der Waals surface area contributed by atoms with Crippen LogP contribution in [0.5, 0.6) is 0 Å². The molecule has 2 aromatic rings. The van der Waals surface area contributed by atoms with Crippen molar-refractivity contribution in [2.75, 3.05) is 25.1 Å². The molecule has 3 nitrogen and oxygen atoms in total. The van der Waals surface area contributed by atoms with Gasteiger partial charge in [-0.15, -0.1) is 11.8 Å². The summed E-state index contributed by atoms with van der Waals surface area (Å²) in [4.78, 5) is 19.2. The molecule has 1 unspecified atom stereocenters. The zero-order chi connectivity index (χ0) is 16.9. The van der Waals surface area contributed by atoms with Crippen molar-refractivity contribution in [1.82, 2.24) is 9.88 Å². The van der Waals surface area contributed by atoms with E-state index < -0.39 is 0 Å². The minimum absolute atomic E-state index is 0.110. The van der Waals surface area contributed by atoms with E-state index in [1.807, 2.05) is 35.1 Å². The molecular formula is C19H22N2OS2. The van der Waals surface area contributed by atoms with Crippen LogP contribution in [0.4, 0.5) is 0 Å². The molecule has 126 valence electrons. The highest BCUT2D eigenvalue weighted by Gasteiger charge is 2.25. The third-order valence-corrected chi connectivity index (χ3v) is 6.38. The topological polar surface area (TPSA) is 33.2 Å². The molecule has 0 radical (unpaired) electrons. The molecule has 3 rings (SSSR count). The number of hydrogen-bond donors (Lipinski definition) is 0. The number of benzene rings is 1. The third-order valence-electron chi connectivity index (χ3n) is 4.36. The number of hydrogen-bond acceptors (Lipinski definition) is 4. The van der Waals surface area contributed by atoms with E-state index in [0.717, 1.165) is 35.9 Å². The number of amides is 1. The second-order valence-corrected chi connectivity index (χ2v) is 7.96. The summed E-state index contributed by atoms with van der Waals surface area (Å²) >= 11 is 3.49. The van der Waals surface area contributed by atoms with Gasteiger partial charge in [-0.3, -0.25) is 4.79 Å². The van der Waals surface area contributed by atoms with Crippen LogP contribution in [0.1, 0.15) is 33.2 Å². The maximum Gasteiger partial charge on any atom is 0.256 e. The van der Waals surface area contributed by atoms with Crippen molar-refractivity contribution < 1.29 is 4.79 Å². The quantitative estimate of drug-likeness (QED) is 0.760. The predicted octanol–water partition coefficient (Wildman–Crippen LogP) is 4.43. The lowest BCUT2D eigenvalue weighted by Crippen LogP contribution is -2.33. The van der Waals surface area contributed by atoms with Gasteiger partial charge in [0.2, 0.25) is 0 Å². The zero-order valence-corrected chi connectivity index (χ0v) is 15.7. The second-order valence-electron chi connectivity index (χ2n) is 5.86. The molecule has 5 heteroatoms. The predicted molar refractivity (Wildman–Crippen MR) is 103 cm³/mol. The Hall–Kier alpha value is -1.46. The number of carbonyl (C=O) groups is 1. The Morgan fingerprint density at radius 2 is 2.08 bits per heavy atom. The first kappa shape index (κ1) is 17.4. The molecule has 1 aliphatic heterocycles. The summed E-state index contributed by atoms with van der Waals surface area (Å²) in [5, 5.41) is 1.28. The monoisotopic (exact) mass is 358 g/mol. The lowest BCUT2D eigenvalue weighted by atomic mass is 10.0. The minimum atomic E-state index is 0.110. The van der Waals surface area contributed by atoms with Gasteiger partial charge in [0.05, 0.1) is 5.56 Å². The smallest absolute Gasteiger partial charge is 0.256 e. The van der Waals surface area contributed by atoms with Crippen LogP contribution in [0, 0.1) is 6.92 Å². The average molecular weight is 359 g/mol. The fourth-order valence-electron chi connectivity index (χ4n) is 3.06. The molecule has 0 N–H and O–H groups in total. The molecule has 1 atom stereocenters. The van der Waals surface area contributed by atoms with E-state index in [0.29, 0.717) is 5.25 Å². The summed E-state index contributed by atoms with van der Waals surface area (Å²) in [5.74, 6) is 1.08. The number of pyridine rings is 1. The Bertz CT molecular complexity index is 720. The van der Waals surface area contributed by atoms with Crippen LogP contribution >= 0.6 is 23.5 Å². The van der Waals surface area contributed by atoms with Gasteiger partial charge >= 0.3 is 0 Å². The molecule has 1 aromatic carbocycles. The van der Waals surface area contributed by atoms with Crippen LogP contribution < -0.4 is 0 Å². The first-order chi connectivity index (χ1) is 11.7. The van der Waals surface area contributed by atoms with Crippen molar-refractivity contribution >= 4 is 29.4 Å². The highest BCUT2D eigenvalue weighted by Crippen LogP contribution is 2.36. The summed E-state index contributed by atoms with van der Waals surface area (Å²) in [7, 11) is 0. The van der Waals surface area contributed by atoms with E-state index in [1.165, 1.54) is 22.9 Å². The Morgan fingerprint density at radius 3 is 2.88 bits per heavy atom. The Kier molecular flexibility index (Phi) is 5.85. The van der Waals surface area contributed by atoms with E-state index in [1.54, 1.807) is 6.20 Å². The average Bonchev–Trinajstić information content (AvgIpc) is 2.87. The largest absolute Gasteiger partial charge is 0.338 e. The summed E-state index contributed by atoms with van der Waals surface area (Å²) in [6, 6.07) is 12.3. The lowest BCUT2D eigenvalue weighted by molar-refractivity contribution is 0.0762. The summed E-state index contributed by atoms with van der Waals surface area (Å²) in [6.45, 7) is 3.77. The minimum Gasteiger partial charge on any atom is -0.338 e. The fourth-order valence-corrected chi connectivity index (χ4v) is 4.92. The van der Waals surface area contributed by atoms with Gasteiger partial charge in [-0.2, -0.15) is 11.8 Å². The number of rotatable bonds is 3. The van der Waals surface area contributed by atoms with Gasteiger partial charge in [0.15, 0.2) is 0 Å². The van der Waals surface area contributed by atoms with Crippen molar-refractivity contribution in [3.05, 3.63) is 59.3 Å². The van der Waals surface area contributed by atoms with Crippen LogP contribution in [0.15, 0.2) is 47.6 Å². The number of aromatic nitrogens is 1. The molecule has 24 heavy (non-hydrogen) atoms. The fraction of sp³-hybridized carbons (Fsp3) is 0.368. The first-order valence-electron chi connectivity index (χ1n) is 8.16. The molecule has 1 aliphatic rings. The molecule has 1 amide bonds. The summed E-state index contributed by atoms with van der Waals surface area (Å²) in [5.41, 5.74) is 3.47. The van der Waals surface area contributed by atoms with Gasteiger partial charge in [-0.05, 0) is 42.9 Å². The van der Waals surface area contributed by atoms with Crippen LogP contribution in [-0.4, -0.2) is 40.9 Å². The van der Waals surface area contributed by atoms with E-state index in [-0.39, 0.29) is 5.91 Å². The molecule has 2 heterocycles. The highest BCUT2D eigenvalue weighted by molar-refractivity contribution is 7.99. The lowest BCUT2D eigenvalue weighted by Gasteiger charge is -2.21. The van der Waals surface area contributed by atoms with E-state index >= 15 is 0 Å². The van der Waals surface area contributed by atoms with Crippen LogP contribution in [-0.2, 0) is 0 Å². The van der Waals surface area contributed by atoms with Gasteiger partial charge in [-0.25, -0.2) is 4.98 Å². The molecular weight excluding hydrogens is 336 g/mol. The summed E-state index contributed by atoms with van der Waals surface area (Å²) < 4.78 is 0. The Balaban J connectivity index is 1.74.